The van der Waals surface area contributed by atoms with Gasteiger partial charge in [-0.05, 0) is 50.2 Å². The minimum atomic E-state index is 0.390. The molecular weight excluding hydrogens is 296 g/mol. The molecule has 130 valence electrons. The molecule has 1 heterocycles. The summed E-state index contributed by atoms with van der Waals surface area (Å²) in [5.74, 6) is 0.800. The lowest BCUT2D eigenvalue weighted by Crippen LogP contribution is -2.33. The maximum atomic E-state index is 5.75. The van der Waals surface area contributed by atoms with Gasteiger partial charge in [-0.3, -0.25) is 0 Å². The fourth-order valence-corrected chi connectivity index (χ4v) is 2.34. The Bertz CT molecular complexity index is 408. The minimum Gasteiger partial charge on any atom is -0.491 e. The maximum Gasteiger partial charge on any atom is 0.119 e. The Morgan fingerprint density at radius 1 is 0.870 bits per heavy atom. The predicted molar refractivity (Wildman–Crippen MR) is 89.8 cm³/mol. The van der Waals surface area contributed by atoms with Gasteiger partial charge in [-0.15, -0.1) is 0 Å². The Labute approximate surface area is 138 Å². The van der Waals surface area contributed by atoms with E-state index < -0.39 is 0 Å². The van der Waals surface area contributed by atoms with E-state index in [0.29, 0.717) is 45.7 Å². The molecule has 1 aromatic rings. The van der Waals surface area contributed by atoms with E-state index in [1.807, 2.05) is 24.3 Å². The van der Waals surface area contributed by atoms with Crippen LogP contribution in [0.1, 0.15) is 12.8 Å². The molecule has 6 heteroatoms. The number of nitrogen functional groups attached to an aromatic ring is 1. The standard InChI is InChI=1S/C17H28N2O4/c18-15-1-3-16(4-2-15)22-13-11-20-9-10-21-12-14-23-17-5-7-19-8-6-17/h1-4,17,19H,5-14,18H2. The van der Waals surface area contributed by atoms with Crippen molar-refractivity contribution in [1.29, 1.82) is 0 Å². The van der Waals surface area contributed by atoms with E-state index in [2.05, 4.69) is 5.32 Å². The van der Waals surface area contributed by atoms with Crippen molar-refractivity contribution in [3.05, 3.63) is 24.3 Å². The number of rotatable bonds is 11. The monoisotopic (exact) mass is 324 g/mol. The molecule has 23 heavy (non-hydrogen) atoms. The van der Waals surface area contributed by atoms with Gasteiger partial charge >= 0.3 is 0 Å². The van der Waals surface area contributed by atoms with Crippen LogP contribution in [0.2, 0.25) is 0 Å². The molecule has 0 aromatic heterocycles. The molecule has 6 nitrogen and oxygen atoms in total. The second-order valence-electron chi connectivity index (χ2n) is 5.46. The molecule has 0 saturated carbocycles. The number of benzene rings is 1. The van der Waals surface area contributed by atoms with Gasteiger partial charge in [0.25, 0.3) is 0 Å². The third-order valence-corrected chi connectivity index (χ3v) is 3.62. The number of hydrogen-bond donors (Lipinski definition) is 2. The van der Waals surface area contributed by atoms with Crippen LogP contribution in [0.3, 0.4) is 0 Å². The molecule has 0 unspecified atom stereocenters. The van der Waals surface area contributed by atoms with Crippen LogP contribution in [0.4, 0.5) is 5.69 Å². The Morgan fingerprint density at radius 2 is 1.48 bits per heavy atom. The van der Waals surface area contributed by atoms with E-state index in [0.717, 1.165) is 37.4 Å². The lowest BCUT2D eigenvalue weighted by molar-refractivity contribution is -0.0214. The molecule has 1 aliphatic heterocycles. The van der Waals surface area contributed by atoms with Gasteiger partial charge in [0, 0.05) is 5.69 Å². The second-order valence-corrected chi connectivity index (χ2v) is 5.46. The number of anilines is 1. The summed E-state index contributed by atoms with van der Waals surface area (Å²) in [5, 5.41) is 3.32. The van der Waals surface area contributed by atoms with Gasteiger partial charge in [-0.25, -0.2) is 0 Å². The van der Waals surface area contributed by atoms with Crippen molar-refractivity contribution < 1.29 is 18.9 Å². The highest BCUT2D eigenvalue weighted by Crippen LogP contribution is 2.12. The Balaban J connectivity index is 1.34. The molecule has 0 amide bonds. The van der Waals surface area contributed by atoms with Gasteiger partial charge in [0.05, 0.1) is 39.1 Å². The van der Waals surface area contributed by atoms with Crippen molar-refractivity contribution in [2.24, 2.45) is 0 Å². The highest BCUT2D eigenvalue weighted by Gasteiger charge is 2.12. The molecule has 3 N–H and O–H groups in total. The van der Waals surface area contributed by atoms with Crippen molar-refractivity contribution in [3.8, 4) is 5.75 Å². The van der Waals surface area contributed by atoms with Gasteiger partial charge in [-0.1, -0.05) is 0 Å². The van der Waals surface area contributed by atoms with E-state index in [9.17, 15) is 0 Å². The zero-order valence-electron chi connectivity index (χ0n) is 13.7. The lowest BCUT2D eigenvalue weighted by Gasteiger charge is -2.22. The minimum absolute atomic E-state index is 0.390. The molecule has 0 aliphatic carbocycles. The van der Waals surface area contributed by atoms with Crippen molar-refractivity contribution in [1.82, 2.24) is 5.32 Å². The molecular formula is C17H28N2O4. The topological polar surface area (TPSA) is 75.0 Å². The van der Waals surface area contributed by atoms with Gasteiger partial charge in [0.15, 0.2) is 0 Å². The average Bonchev–Trinajstić information content (AvgIpc) is 2.59. The van der Waals surface area contributed by atoms with E-state index in [4.69, 9.17) is 24.7 Å². The summed E-state index contributed by atoms with van der Waals surface area (Å²) in [5.41, 5.74) is 6.34. The zero-order valence-corrected chi connectivity index (χ0v) is 13.7. The Kier molecular flexibility index (Phi) is 8.80. The first-order chi connectivity index (χ1) is 11.3. The van der Waals surface area contributed by atoms with Gasteiger partial charge in [-0.2, -0.15) is 0 Å². The molecule has 1 fully saturated rings. The number of nitrogens with two attached hydrogens (primary N) is 1. The van der Waals surface area contributed by atoms with Crippen LogP contribution in [0, 0.1) is 0 Å². The van der Waals surface area contributed by atoms with Crippen LogP contribution >= 0.6 is 0 Å². The largest absolute Gasteiger partial charge is 0.491 e. The van der Waals surface area contributed by atoms with Crippen LogP contribution < -0.4 is 15.8 Å². The fraction of sp³-hybridized carbons (Fsp3) is 0.647. The van der Waals surface area contributed by atoms with E-state index >= 15 is 0 Å². The molecule has 0 radical (unpaired) electrons. The normalized spacial score (nSPS) is 15.7. The number of piperidine rings is 1. The second kappa shape index (κ2) is 11.2. The summed E-state index contributed by atoms with van der Waals surface area (Å²) in [4.78, 5) is 0. The smallest absolute Gasteiger partial charge is 0.119 e. The third kappa shape index (κ3) is 8.18. The van der Waals surface area contributed by atoms with Gasteiger partial charge < -0.3 is 30.0 Å². The average molecular weight is 324 g/mol. The SMILES string of the molecule is Nc1ccc(OCCOCCOCCOC2CCNCC2)cc1. The first kappa shape index (κ1) is 18.0. The van der Waals surface area contributed by atoms with Crippen molar-refractivity contribution in [2.45, 2.75) is 18.9 Å². The summed E-state index contributed by atoms with van der Waals surface area (Å²) in [6, 6.07) is 7.33. The summed E-state index contributed by atoms with van der Waals surface area (Å²) >= 11 is 0. The summed E-state index contributed by atoms with van der Waals surface area (Å²) < 4.78 is 22.2. The van der Waals surface area contributed by atoms with Crippen LogP contribution in [-0.2, 0) is 14.2 Å². The lowest BCUT2D eigenvalue weighted by atomic mass is 10.1. The summed E-state index contributed by atoms with van der Waals surface area (Å²) in [6.07, 6.45) is 2.58. The summed E-state index contributed by atoms with van der Waals surface area (Å²) in [6.45, 7) is 5.59. The third-order valence-electron chi connectivity index (χ3n) is 3.62. The molecule has 2 rings (SSSR count). The van der Waals surface area contributed by atoms with E-state index in [1.165, 1.54) is 0 Å². The summed E-state index contributed by atoms with van der Waals surface area (Å²) in [7, 11) is 0. The van der Waals surface area contributed by atoms with Crippen LogP contribution in [0.5, 0.6) is 5.75 Å². The predicted octanol–water partition coefficient (Wildman–Crippen LogP) is 1.45. The highest BCUT2D eigenvalue weighted by atomic mass is 16.6. The van der Waals surface area contributed by atoms with Crippen LogP contribution in [0.25, 0.3) is 0 Å². The molecule has 1 aliphatic rings. The van der Waals surface area contributed by atoms with E-state index in [-0.39, 0.29) is 0 Å². The van der Waals surface area contributed by atoms with Gasteiger partial charge in [0.1, 0.15) is 12.4 Å². The molecule has 1 aromatic carbocycles. The van der Waals surface area contributed by atoms with E-state index in [1.54, 1.807) is 0 Å². The maximum absolute atomic E-state index is 5.75. The fourth-order valence-electron chi connectivity index (χ4n) is 2.34. The van der Waals surface area contributed by atoms with Crippen LogP contribution in [0.15, 0.2) is 24.3 Å². The van der Waals surface area contributed by atoms with Crippen molar-refractivity contribution in [3.63, 3.8) is 0 Å². The van der Waals surface area contributed by atoms with Crippen molar-refractivity contribution in [2.75, 3.05) is 58.5 Å². The molecule has 0 spiro atoms. The Hall–Kier alpha value is -1.34. The van der Waals surface area contributed by atoms with Crippen molar-refractivity contribution >= 4 is 5.69 Å². The number of nitrogens with one attached hydrogen (secondary N) is 1. The quantitative estimate of drug-likeness (QED) is 0.474. The number of hydrogen-bond acceptors (Lipinski definition) is 6. The number of ether oxygens (including phenoxy) is 4. The zero-order chi connectivity index (χ0) is 16.2. The Morgan fingerprint density at radius 3 is 2.17 bits per heavy atom. The molecule has 0 atom stereocenters. The van der Waals surface area contributed by atoms with Gasteiger partial charge in [0.2, 0.25) is 0 Å². The molecule has 0 bridgehead atoms. The molecule has 1 saturated heterocycles. The highest BCUT2D eigenvalue weighted by molar-refractivity contribution is 5.41. The van der Waals surface area contributed by atoms with Crippen LogP contribution in [-0.4, -0.2) is 58.8 Å². The first-order valence-electron chi connectivity index (χ1n) is 8.31. The first-order valence-corrected chi connectivity index (χ1v) is 8.31.